The number of methoxy groups -OCH3 is 1. The summed E-state index contributed by atoms with van der Waals surface area (Å²) in [5, 5.41) is 4.58. The molecule has 1 aromatic rings. The Morgan fingerprint density at radius 1 is 1.50 bits per heavy atom. The molecule has 0 spiro atoms. The van der Waals surface area contributed by atoms with Crippen LogP contribution >= 0.6 is 11.3 Å². The number of rotatable bonds is 7. The van der Waals surface area contributed by atoms with Crippen LogP contribution in [0.3, 0.4) is 0 Å². The zero-order chi connectivity index (χ0) is 11.4. The highest BCUT2D eigenvalue weighted by Crippen LogP contribution is 2.42. The number of hydrogen-bond acceptors (Lipinski definition) is 4. The van der Waals surface area contributed by atoms with Crippen molar-refractivity contribution in [1.82, 2.24) is 10.3 Å². The van der Waals surface area contributed by atoms with Gasteiger partial charge in [-0.1, -0.05) is 6.92 Å². The zero-order valence-corrected chi connectivity index (χ0v) is 10.9. The van der Waals surface area contributed by atoms with E-state index >= 15 is 0 Å². The summed E-state index contributed by atoms with van der Waals surface area (Å²) in [4.78, 5) is 6.11. The lowest BCUT2D eigenvalue weighted by atomic mass is 10.2. The molecule has 4 heteroatoms. The highest BCUT2D eigenvalue weighted by Gasteiger charge is 2.29. The van der Waals surface area contributed by atoms with Gasteiger partial charge in [0.05, 0.1) is 12.3 Å². The van der Waals surface area contributed by atoms with Crippen LogP contribution < -0.4 is 5.32 Å². The van der Waals surface area contributed by atoms with Gasteiger partial charge in [0.1, 0.15) is 5.01 Å². The summed E-state index contributed by atoms with van der Waals surface area (Å²) in [5.41, 5.74) is 1.33. The van der Waals surface area contributed by atoms with Gasteiger partial charge in [0.2, 0.25) is 0 Å². The fourth-order valence-corrected chi connectivity index (χ4v) is 2.88. The topological polar surface area (TPSA) is 34.1 Å². The van der Waals surface area contributed by atoms with Crippen LogP contribution in [-0.4, -0.2) is 18.6 Å². The van der Waals surface area contributed by atoms with Gasteiger partial charge in [-0.25, -0.2) is 4.98 Å². The second kappa shape index (κ2) is 5.75. The Morgan fingerprint density at radius 2 is 2.31 bits per heavy atom. The number of nitrogens with zero attached hydrogens (tertiary/aromatic N) is 1. The Bertz CT molecular complexity index is 334. The second-order valence-electron chi connectivity index (χ2n) is 4.30. The predicted molar refractivity (Wildman–Crippen MR) is 66.8 cm³/mol. The van der Waals surface area contributed by atoms with Crippen LogP contribution in [0.5, 0.6) is 0 Å². The Kier molecular flexibility index (Phi) is 4.32. The first-order chi connectivity index (χ1) is 7.85. The summed E-state index contributed by atoms with van der Waals surface area (Å²) in [6.45, 7) is 4.90. The maximum absolute atomic E-state index is 5.15. The largest absolute Gasteiger partial charge is 0.378 e. The molecule has 0 unspecified atom stereocenters. The van der Waals surface area contributed by atoms with E-state index in [9.17, 15) is 0 Å². The van der Waals surface area contributed by atoms with Crippen LogP contribution in [0.1, 0.15) is 47.7 Å². The van der Waals surface area contributed by atoms with Gasteiger partial charge in [0.25, 0.3) is 0 Å². The normalized spacial score (nSPS) is 15.6. The van der Waals surface area contributed by atoms with Crippen LogP contribution in [-0.2, 0) is 17.9 Å². The van der Waals surface area contributed by atoms with Crippen molar-refractivity contribution in [1.29, 1.82) is 0 Å². The van der Waals surface area contributed by atoms with Gasteiger partial charge in [-0.3, -0.25) is 0 Å². The Labute approximate surface area is 101 Å². The van der Waals surface area contributed by atoms with Crippen molar-refractivity contribution in [3.8, 4) is 0 Å². The fraction of sp³-hybridized carbons (Fsp3) is 0.750. The van der Waals surface area contributed by atoms with E-state index in [0.717, 1.165) is 24.0 Å². The van der Waals surface area contributed by atoms with E-state index < -0.39 is 0 Å². The molecule has 16 heavy (non-hydrogen) atoms. The molecule has 0 aliphatic heterocycles. The number of thiazole rings is 1. The molecule has 0 saturated heterocycles. The average molecular weight is 240 g/mol. The van der Waals surface area contributed by atoms with E-state index in [-0.39, 0.29) is 0 Å². The monoisotopic (exact) mass is 240 g/mol. The van der Waals surface area contributed by atoms with Crippen molar-refractivity contribution in [2.75, 3.05) is 13.7 Å². The minimum Gasteiger partial charge on any atom is -0.378 e. The average Bonchev–Trinajstić information content (AvgIpc) is 3.04. The minimum atomic E-state index is 0.651. The predicted octanol–water partition coefficient (Wildman–Crippen LogP) is 2.67. The molecule has 1 aliphatic rings. The van der Waals surface area contributed by atoms with Crippen molar-refractivity contribution >= 4 is 11.3 Å². The van der Waals surface area contributed by atoms with Crippen molar-refractivity contribution in [3.05, 3.63) is 15.6 Å². The van der Waals surface area contributed by atoms with Crippen LogP contribution in [0.25, 0.3) is 0 Å². The quantitative estimate of drug-likeness (QED) is 0.744. The first-order valence-electron chi connectivity index (χ1n) is 6.03. The minimum absolute atomic E-state index is 0.651. The third-order valence-electron chi connectivity index (χ3n) is 2.72. The molecule has 0 atom stereocenters. The molecule has 3 nitrogen and oxygen atoms in total. The maximum atomic E-state index is 5.15. The summed E-state index contributed by atoms with van der Waals surface area (Å²) in [6, 6.07) is 0. The molecule has 0 amide bonds. The molecule has 1 aliphatic carbocycles. The lowest BCUT2D eigenvalue weighted by Crippen LogP contribution is -2.13. The van der Waals surface area contributed by atoms with Crippen molar-refractivity contribution in [3.63, 3.8) is 0 Å². The molecule has 1 fully saturated rings. The van der Waals surface area contributed by atoms with E-state index in [0.29, 0.717) is 6.61 Å². The van der Waals surface area contributed by atoms with Gasteiger partial charge < -0.3 is 10.1 Å². The summed E-state index contributed by atoms with van der Waals surface area (Å²) in [7, 11) is 1.73. The second-order valence-corrected chi connectivity index (χ2v) is 5.47. The highest BCUT2D eigenvalue weighted by atomic mass is 32.1. The Balaban J connectivity index is 2.01. The maximum Gasteiger partial charge on any atom is 0.119 e. The molecule has 1 saturated carbocycles. The smallest absolute Gasteiger partial charge is 0.119 e. The van der Waals surface area contributed by atoms with E-state index in [2.05, 4.69) is 12.2 Å². The first kappa shape index (κ1) is 12.0. The fourth-order valence-electron chi connectivity index (χ4n) is 1.78. The van der Waals surface area contributed by atoms with Crippen LogP contribution in [0.2, 0.25) is 0 Å². The van der Waals surface area contributed by atoms with Crippen molar-refractivity contribution < 1.29 is 4.74 Å². The van der Waals surface area contributed by atoms with Gasteiger partial charge in [0.15, 0.2) is 0 Å². The molecule has 1 N–H and O–H groups in total. The number of hydrogen-bond donors (Lipinski definition) is 1. The Hall–Kier alpha value is -0.450. The van der Waals surface area contributed by atoms with Crippen LogP contribution in [0.4, 0.5) is 0 Å². The van der Waals surface area contributed by atoms with Crippen LogP contribution in [0, 0.1) is 0 Å². The SMILES string of the molecule is CCCNCc1sc(COC)nc1C1CC1. The molecule has 1 heterocycles. The third kappa shape index (κ3) is 3.03. The van der Waals surface area contributed by atoms with Gasteiger partial charge in [-0.05, 0) is 25.8 Å². The van der Waals surface area contributed by atoms with Crippen molar-refractivity contribution in [2.24, 2.45) is 0 Å². The third-order valence-corrected chi connectivity index (χ3v) is 3.76. The number of ether oxygens (including phenoxy) is 1. The Morgan fingerprint density at radius 3 is 2.94 bits per heavy atom. The summed E-state index contributed by atoms with van der Waals surface area (Å²) >= 11 is 1.80. The molecule has 0 bridgehead atoms. The van der Waals surface area contributed by atoms with Gasteiger partial charge >= 0.3 is 0 Å². The zero-order valence-electron chi connectivity index (χ0n) is 10.1. The summed E-state index contributed by atoms with van der Waals surface area (Å²) in [6.07, 6.45) is 3.82. The number of aromatic nitrogens is 1. The first-order valence-corrected chi connectivity index (χ1v) is 6.85. The van der Waals surface area contributed by atoms with Crippen molar-refractivity contribution in [2.45, 2.75) is 45.3 Å². The molecule has 90 valence electrons. The highest BCUT2D eigenvalue weighted by molar-refractivity contribution is 7.11. The molecular weight excluding hydrogens is 220 g/mol. The van der Waals surface area contributed by atoms with E-state index in [1.807, 2.05) is 0 Å². The molecule has 1 aromatic heterocycles. The summed E-state index contributed by atoms with van der Waals surface area (Å²) in [5.74, 6) is 0.736. The lowest BCUT2D eigenvalue weighted by Gasteiger charge is -2.01. The van der Waals surface area contributed by atoms with Gasteiger partial charge in [-0.2, -0.15) is 0 Å². The van der Waals surface area contributed by atoms with Gasteiger partial charge in [0, 0.05) is 24.4 Å². The summed E-state index contributed by atoms with van der Waals surface area (Å²) < 4.78 is 5.15. The van der Waals surface area contributed by atoms with E-state index in [1.165, 1.54) is 29.8 Å². The molecule has 2 rings (SSSR count). The van der Waals surface area contributed by atoms with E-state index in [1.54, 1.807) is 18.4 Å². The van der Waals surface area contributed by atoms with Gasteiger partial charge in [-0.15, -0.1) is 11.3 Å². The molecule has 0 aromatic carbocycles. The van der Waals surface area contributed by atoms with Crippen LogP contribution in [0.15, 0.2) is 0 Å². The van der Waals surface area contributed by atoms with E-state index in [4.69, 9.17) is 9.72 Å². The molecular formula is C12H20N2OS. The molecule has 0 radical (unpaired) electrons. The standard InChI is InChI=1S/C12H20N2OS/c1-3-6-13-7-10-12(9-4-5-9)14-11(16-10)8-15-2/h9,13H,3-8H2,1-2H3. The lowest BCUT2D eigenvalue weighted by molar-refractivity contribution is 0.184. The number of nitrogens with one attached hydrogen (secondary N) is 1.